The lowest BCUT2D eigenvalue weighted by molar-refractivity contribution is 0.539. The Balaban J connectivity index is 0.000000423. The van der Waals surface area contributed by atoms with Crippen molar-refractivity contribution in [2.75, 3.05) is 0 Å². The predicted molar refractivity (Wildman–Crippen MR) is 63.0 cm³/mol. The van der Waals surface area contributed by atoms with Crippen molar-refractivity contribution < 1.29 is 8.76 Å². The van der Waals surface area contributed by atoms with E-state index >= 15 is 0 Å². The molecule has 3 nitrogen and oxygen atoms in total. The molecule has 1 unspecified atom stereocenters. The summed E-state index contributed by atoms with van der Waals surface area (Å²) in [5.41, 5.74) is 4.46. The molecule has 1 aromatic carbocycles. The maximum absolute atomic E-state index is 8.78. The Hall–Kier alpha value is -0.710. The standard InChI is InChI=1S/C11H16.H3NO2S/c1-4-10-7-6-8-11(5-2)9(10)3;1-4(2)3/h6-8H,4-5H2,1-3H3;1H2,(H,2,3)/p-1. The molecular weight excluding hydrogens is 210 g/mol. The van der Waals surface area contributed by atoms with E-state index in [9.17, 15) is 0 Å². The largest absolute Gasteiger partial charge is 0.760 e. The van der Waals surface area contributed by atoms with Crippen LogP contribution in [0.4, 0.5) is 0 Å². The van der Waals surface area contributed by atoms with Gasteiger partial charge in [-0.2, -0.15) is 0 Å². The van der Waals surface area contributed by atoms with Crippen molar-refractivity contribution >= 4 is 11.3 Å². The van der Waals surface area contributed by atoms with Gasteiger partial charge in [0.2, 0.25) is 0 Å². The molecule has 0 aliphatic carbocycles. The van der Waals surface area contributed by atoms with Crippen LogP contribution in [0, 0.1) is 6.92 Å². The van der Waals surface area contributed by atoms with Crippen LogP contribution in [0.2, 0.25) is 0 Å². The van der Waals surface area contributed by atoms with E-state index in [1.807, 2.05) is 0 Å². The van der Waals surface area contributed by atoms with Gasteiger partial charge in [0.1, 0.15) is 0 Å². The summed E-state index contributed by atoms with van der Waals surface area (Å²) < 4.78 is 17.6. The van der Waals surface area contributed by atoms with Crippen LogP contribution in [0.25, 0.3) is 0 Å². The minimum atomic E-state index is -2.36. The second-order valence-electron chi connectivity index (χ2n) is 3.17. The molecule has 0 fully saturated rings. The van der Waals surface area contributed by atoms with Crippen LogP contribution >= 0.6 is 0 Å². The fraction of sp³-hybridized carbons (Fsp3) is 0.455. The highest BCUT2D eigenvalue weighted by molar-refractivity contribution is 7.76. The summed E-state index contributed by atoms with van der Waals surface area (Å²) in [6.07, 6.45) is 2.30. The fourth-order valence-electron chi connectivity index (χ4n) is 1.50. The van der Waals surface area contributed by atoms with Gasteiger partial charge in [0.05, 0.1) is 0 Å². The third-order valence-electron chi connectivity index (χ3n) is 2.32. The van der Waals surface area contributed by atoms with Crippen LogP contribution in [0.15, 0.2) is 18.2 Å². The topological polar surface area (TPSA) is 66.2 Å². The van der Waals surface area contributed by atoms with Gasteiger partial charge in [-0.3, -0.25) is 9.35 Å². The average molecular weight is 228 g/mol. The van der Waals surface area contributed by atoms with E-state index in [1.54, 1.807) is 0 Å². The molecule has 0 heterocycles. The summed E-state index contributed by atoms with van der Waals surface area (Å²) in [7, 11) is 0. The molecular formula is C11H18NO2S-. The second kappa shape index (κ2) is 7.56. The average Bonchev–Trinajstić information content (AvgIpc) is 2.17. The monoisotopic (exact) mass is 228 g/mol. The smallest absolute Gasteiger partial charge is 0.0152 e. The minimum absolute atomic E-state index is 1.15. The molecule has 86 valence electrons. The van der Waals surface area contributed by atoms with Crippen LogP contribution < -0.4 is 5.14 Å². The van der Waals surface area contributed by atoms with E-state index in [1.165, 1.54) is 16.7 Å². The van der Waals surface area contributed by atoms with Crippen molar-refractivity contribution in [3.05, 3.63) is 34.9 Å². The SMILES string of the molecule is CCc1cccc(CC)c1C.NS(=O)[O-]. The summed E-state index contributed by atoms with van der Waals surface area (Å²) in [6, 6.07) is 6.59. The van der Waals surface area contributed by atoms with Crippen molar-refractivity contribution in [3.8, 4) is 0 Å². The molecule has 1 aromatic rings. The number of benzene rings is 1. The number of aryl methyl sites for hydroxylation is 2. The molecule has 2 N–H and O–H groups in total. The summed E-state index contributed by atoms with van der Waals surface area (Å²) in [4.78, 5) is 0. The molecule has 0 amide bonds. The number of nitrogens with two attached hydrogens (primary N) is 1. The fourth-order valence-corrected chi connectivity index (χ4v) is 1.50. The summed E-state index contributed by atoms with van der Waals surface area (Å²) in [5, 5.41) is 4.03. The molecule has 0 bridgehead atoms. The lowest BCUT2D eigenvalue weighted by Crippen LogP contribution is -1.97. The molecule has 0 aromatic heterocycles. The maximum atomic E-state index is 8.78. The lowest BCUT2D eigenvalue weighted by atomic mass is 9.99. The van der Waals surface area contributed by atoms with Gasteiger partial charge in [-0.15, -0.1) is 0 Å². The first-order valence-electron chi connectivity index (χ1n) is 4.93. The van der Waals surface area contributed by atoms with Gasteiger partial charge in [-0.25, -0.2) is 0 Å². The Morgan fingerprint density at radius 1 is 1.27 bits per heavy atom. The van der Waals surface area contributed by atoms with E-state index in [2.05, 4.69) is 44.1 Å². The number of hydrogen-bond donors (Lipinski definition) is 1. The zero-order valence-electron chi connectivity index (χ0n) is 9.45. The van der Waals surface area contributed by atoms with E-state index < -0.39 is 11.3 Å². The quantitative estimate of drug-likeness (QED) is 0.785. The van der Waals surface area contributed by atoms with Crippen molar-refractivity contribution in [3.63, 3.8) is 0 Å². The van der Waals surface area contributed by atoms with Crippen LogP contribution in [0.1, 0.15) is 30.5 Å². The van der Waals surface area contributed by atoms with Crippen molar-refractivity contribution in [2.24, 2.45) is 5.14 Å². The highest BCUT2D eigenvalue weighted by Gasteiger charge is 1.98. The Morgan fingerprint density at radius 3 is 1.87 bits per heavy atom. The first-order valence-corrected chi connectivity index (χ1v) is 6.07. The normalized spacial score (nSPS) is 11.5. The van der Waals surface area contributed by atoms with Gasteiger partial charge in [0.25, 0.3) is 0 Å². The van der Waals surface area contributed by atoms with Crippen LogP contribution in [-0.4, -0.2) is 8.76 Å². The Morgan fingerprint density at radius 2 is 1.60 bits per heavy atom. The molecule has 4 heteroatoms. The summed E-state index contributed by atoms with van der Waals surface area (Å²) in [6.45, 7) is 6.64. The van der Waals surface area contributed by atoms with Crippen molar-refractivity contribution in [1.82, 2.24) is 0 Å². The molecule has 0 radical (unpaired) electrons. The van der Waals surface area contributed by atoms with Crippen LogP contribution in [0.3, 0.4) is 0 Å². The molecule has 15 heavy (non-hydrogen) atoms. The van der Waals surface area contributed by atoms with Gasteiger partial charge in [0, 0.05) is 11.3 Å². The summed E-state index contributed by atoms with van der Waals surface area (Å²) in [5.74, 6) is 0. The number of rotatable bonds is 2. The van der Waals surface area contributed by atoms with Gasteiger partial charge in [-0.1, -0.05) is 32.0 Å². The molecule has 1 atom stereocenters. The first kappa shape index (κ1) is 14.3. The van der Waals surface area contributed by atoms with Crippen LogP contribution in [-0.2, 0) is 24.1 Å². The lowest BCUT2D eigenvalue weighted by Gasteiger charge is -2.06. The third-order valence-corrected chi connectivity index (χ3v) is 2.32. The summed E-state index contributed by atoms with van der Waals surface area (Å²) >= 11 is -2.36. The van der Waals surface area contributed by atoms with E-state index in [4.69, 9.17) is 8.76 Å². The van der Waals surface area contributed by atoms with Gasteiger partial charge >= 0.3 is 0 Å². The minimum Gasteiger partial charge on any atom is -0.760 e. The molecule has 1 rings (SSSR count). The third kappa shape index (κ3) is 5.67. The van der Waals surface area contributed by atoms with Crippen molar-refractivity contribution in [1.29, 1.82) is 0 Å². The predicted octanol–water partition coefficient (Wildman–Crippen LogP) is 1.86. The highest BCUT2D eigenvalue weighted by Crippen LogP contribution is 2.14. The van der Waals surface area contributed by atoms with E-state index in [-0.39, 0.29) is 0 Å². The Bertz CT molecular complexity index is 300. The van der Waals surface area contributed by atoms with Gasteiger partial charge in [0.15, 0.2) is 0 Å². The van der Waals surface area contributed by atoms with Gasteiger partial charge in [-0.05, 0) is 36.5 Å². The maximum Gasteiger partial charge on any atom is 0.0152 e. The first-order chi connectivity index (χ1) is 7.02. The number of hydrogen-bond acceptors (Lipinski definition) is 2. The zero-order valence-corrected chi connectivity index (χ0v) is 10.3. The second-order valence-corrected chi connectivity index (χ2v) is 3.69. The molecule has 0 aliphatic rings. The van der Waals surface area contributed by atoms with Crippen LogP contribution in [0.5, 0.6) is 0 Å². The van der Waals surface area contributed by atoms with E-state index in [0.717, 1.165) is 12.8 Å². The highest BCUT2D eigenvalue weighted by atomic mass is 32.2. The van der Waals surface area contributed by atoms with E-state index in [0.29, 0.717) is 0 Å². The molecule has 0 saturated carbocycles. The molecule has 0 spiro atoms. The molecule has 0 aliphatic heterocycles. The molecule has 0 saturated heterocycles. The zero-order chi connectivity index (χ0) is 11.8. The van der Waals surface area contributed by atoms with Crippen molar-refractivity contribution in [2.45, 2.75) is 33.6 Å². The Kier molecular flexibility index (Phi) is 7.21. The van der Waals surface area contributed by atoms with Gasteiger partial charge < -0.3 is 4.55 Å². The Labute approximate surface area is 94.1 Å².